The lowest BCUT2D eigenvalue weighted by Gasteiger charge is -2.26. The summed E-state index contributed by atoms with van der Waals surface area (Å²) in [5, 5.41) is 9.17. The maximum Gasteiger partial charge on any atom is 0.232 e. The van der Waals surface area contributed by atoms with Gasteiger partial charge in [0.25, 0.3) is 0 Å². The first-order valence-electron chi connectivity index (χ1n) is 12.9. The molecule has 36 heavy (non-hydrogen) atoms. The largest absolute Gasteiger partial charge is 0.546 e. The van der Waals surface area contributed by atoms with E-state index in [-0.39, 0.29) is 5.91 Å². The van der Waals surface area contributed by atoms with E-state index in [2.05, 4.69) is 52.7 Å². The smallest absolute Gasteiger partial charge is 0.232 e. The van der Waals surface area contributed by atoms with E-state index in [0.717, 1.165) is 31.7 Å². The Labute approximate surface area is 217 Å². The van der Waals surface area contributed by atoms with Gasteiger partial charge < -0.3 is 30.1 Å². The summed E-state index contributed by atoms with van der Waals surface area (Å²) in [5.74, 6) is 1.85. The number of hydrogen-bond acceptors (Lipinski definition) is 9. The Morgan fingerprint density at radius 3 is 2.58 bits per heavy atom. The van der Waals surface area contributed by atoms with Crippen LogP contribution in [0.1, 0.15) is 44.1 Å². The molecule has 1 aliphatic heterocycles. The number of anilines is 2. The number of carbonyl (C=O) groups is 1. The van der Waals surface area contributed by atoms with Gasteiger partial charge in [-0.25, -0.2) is 0 Å². The van der Waals surface area contributed by atoms with Crippen LogP contribution >= 0.6 is 11.1 Å². The van der Waals surface area contributed by atoms with Crippen LogP contribution in [0.5, 0.6) is 5.75 Å². The molecule has 0 bridgehead atoms. The summed E-state index contributed by atoms with van der Waals surface area (Å²) in [6.45, 7) is 6.34. The fourth-order valence-corrected chi connectivity index (χ4v) is 4.76. The summed E-state index contributed by atoms with van der Waals surface area (Å²) in [6.07, 6.45) is 6.01. The van der Waals surface area contributed by atoms with E-state index in [9.17, 15) is 9.35 Å². The summed E-state index contributed by atoms with van der Waals surface area (Å²) < 4.78 is 25.8. The van der Waals surface area contributed by atoms with Crippen LogP contribution in [0.25, 0.3) is 0 Å². The first-order valence-corrected chi connectivity index (χ1v) is 14.0. The Morgan fingerprint density at radius 2 is 1.83 bits per heavy atom. The molecule has 1 saturated heterocycles. The standard InChI is InChI=1S/C25H41N7O3S/c1-31(2)15-7-11-23(33)26-13-14-28-25-24(29-36(34)30-25)27-12-8-18-35-22-10-6-9-21(19-22)20-32-16-4-3-5-17-32/h6,9-10,19H,3-5,7-8,11-18,20H2,1-2H3,(H,26,33)(H,27,29)(H,28,30). The van der Waals surface area contributed by atoms with Gasteiger partial charge in [0.15, 0.2) is 11.1 Å². The van der Waals surface area contributed by atoms with Crippen LogP contribution in [-0.2, 0) is 11.3 Å². The number of nitrogens with one attached hydrogen (secondary N) is 3. The fraction of sp³-hybridized carbons (Fsp3) is 0.640. The predicted octanol–water partition coefficient (Wildman–Crippen LogP) is 2.94. The number of piperidine rings is 1. The summed E-state index contributed by atoms with van der Waals surface area (Å²) in [7, 11) is 3.98. The number of aromatic nitrogens is 2. The molecule has 2 aromatic rings. The third-order valence-corrected chi connectivity index (χ3v) is 6.62. The maximum atomic E-state index is 11.9. The number of ether oxygens (including phenoxy) is 1. The second-order valence-electron chi connectivity index (χ2n) is 9.41. The van der Waals surface area contributed by atoms with Gasteiger partial charge in [-0.2, -0.15) is 0 Å². The van der Waals surface area contributed by atoms with E-state index in [1.54, 1.807) is 0 Å². The van der Waals surface area contributed by atoms with Crippen LogP contribution < -0.4 is 20.7 Å². The lowest BCUT2D eigenvalue weighted by molar-refractivity contribution is -0.121. The molecule has 1 fully saturated rings. The highest BCUT2D eigenvalue weighted by Gasteiger charge is 2.15. The van der Waals surface area contributed by atoms with E-state index in [4.69, 9.17) is 4.74 Å². The van der Waals surface area contributed by atoms with Gasteiger partial charge in [0, 0.05) is 41.3 Å². The van der Waals surface area contributed by atoms with E-state index < -0.39 is 11.1 Å². The molecule has 3 N–H and O–H groups in total. The molecule has 1 amide bonds. The van der Waals surface area contributed by atoms with Crippen molar-refractivity contribution < 1.29 is 14.1 Å². The molecule has 1 unspecified atom stereocenters. The van der Waals surface area contributed by atoms with Gasteiger partial charge in [-0.1, -0.05) is 18.6 Å². The van der Waals surface area contributed by atoms with Crippen molar-refractivity contribution in [3.05, 3.63) is 29.8 Å². The van der Waals surface area contributed by atoms with Crippen LogP contribution in [-0.4, -0.2) is 89.0 Å². The Bertz CT molecular complexity index is 919. The highest BCUT2D eigenvalue weighted by molar-refractivity contribution is 7.14. The van der Waals surface area contributed by atoms with Crippen molar-refractivity contribution in [2.24, 2.45) is 0 Å². The second-order valence-corrected chi connectivity index (χ2v) is 10.2. The normalized spacial score (nSPS) is 14.6. The van der Waals surface area contributed by atoms with Gasteiger partial charge >= 0.3 is 0 Å². The summed E-state index contributed by atoms with van der Waals surface area (Å²) >= 11 is -1.63. The molecule has 1 aromatic heterocycles. The fourth-order valence-electron chi connectivity index (χ4n) is 4.10. The zero-order valence-corrected chi connectivity index (χ0v) is 22.4. The quantitative estimate of drug-likeness (QED) is 0.227. The van der Waals surface area contributed by atoms with Crippen molar-refractivity contribution in [3.8, 4) is 5.75 Å². The molecule has 10 nitrogen and oxygen atoms in total. The average molecular weight is 520 g/mol. The number of amides is 1. The Balaban J connectivity index is 1.31. The lowest BCUT2D eigenvalue weighted by Crippen LogP contribution is -2.29. The SMILES string of the molecule is CN(C)CCCC(=O)NCCNc1n[s+]([O-])nc1NCCCOc1cccc(CN2CCCCC2)c1. The summed E-state index contributed by atoms with van der Waals surface area (Å²) in [6, 6.07) is 8.33. The molecule has 1 atom stereocenters. The van der Waals surface area contributed by atoms with Gasteiger partial charge in [0.05, 0.1) is 6.61 Å². The first-order chi connectivity index (χ1) is 17.5. The van der Waals surface area contributed by atoms with Crippen LogP contribution in [0.4, 0.5) is 11.6 Å². The van der Waals surface area contributed by atoms with Crippen molar-refractivity contribution >= 4 is 28.7 Å². The number of rotatable bonds is 16. The van der Waals surface area contributed by atoms with Crippen LogP contribution in [0.3, 0.4) is 0 Å². The van der Waals surface area contributed by atoms with Crippen molar-refractivity contribution in [2.45, 2.75) is 45.1 Å². The van der Waals surface area contributed by atoms with Crippen LogP contribution in [0, 0.1) is 0 Å². The molecular formula is C25H41N7O3S. The number of nitrogens with zero attached hydrogens (tertiary/aromatic N) is 4. The van der Waals surface area contributed by atoms with Crippen LogP contribution in [0.2, 0.25) is 0 Å². The summed E-state index contributed by atoms with van der Waals surface area (Å²) in [5.41, 5.74) is 1.28. The predicted molar refractivity (Wildman–Crippen MR) is 144 cm³/mol. The van der Waals surface area contributed by atoms with Gasteiger partial charge in [-0.3, -0.25) is 9.69 Å². The molecule has 0 spiro atoms. The van der Waals surface area contributed by atoms with E-state index in [0.29, 0.717) is 44.3 Å². The number of carbonyl (C=O) groups excluding carboxylic acids is 1. The lowest BCUT2D eigenvalue weighted by atomic mass is 10.1. The summed E-state index contributed by atoms with van der Waals surface area (Å²) in [4.78, 5) is 16.4. The molecule has 0 aliphatic carbocycles. The van der Waals surface area contributed by atoms with Gasteiger partial charge in [0.1, 0.15) is 5.75 Å². The zero-order chi connectivity index (χ0) is 25.6. The molecule has 0 saturated carbocycles. The number of hydrogen-bond donors (Lipinski definition) is 3. The van der Waals surface area contributed by atoms with Crippen molar-refractivity contribution in [3.63, 3.8) is 0 Å². The molecule has 2 heterocycles. The molecule has 0 radical (unpaired) electrons. The molecule has 1 aromatic carbocycles. The maximum absolute atomic E-state index is 11.9. The third kappa shape index (κ3) is 10.7. The zero-order valence-electron chi connectivity index (χ0n) is 21.6. The minimum atomic E-state index is -1.63. The average Bonchev–Trinajstić information content (AvgIpc) is 3.21. The third-order valence-electron chi connectivity index (χ3n) is 5.95. The van der Waals surface area contributed by atoms with Gasteiger partial charge in [0.2, 0.25) is 17.5 Å². The minimum Gasteiger partial charge on any atom is -0.546 e. The van der Waals surface area contributed by atoms with E-state index >= 15 is 0 Å². The van der Waals surface area contributed by atoms with Crippen molar-refractivity contribution in [2.75, 3.05) is 70.6 Å². The van der Waals surface area contributed by atoms with Crippen LogP contribution in [0.15, 0.2) is 24.3 Å². The number of likely N-dealkylation sites (tertiary alicyclic amines) is 1. The van der Waals surface area contributed by atoms with E-state index in [1.165, 1.54) is 37.9 Å². The Kier molecular flexibility index (Phi) is 12.2. The van der Waals surface area contributed by atoms with Gasteiger partial charge in [-0.15, -0.1) is 0 Å². The molecule has 1 aliphatic rings. The van der Waals surface area contributed by atoms with Gasteiger partial charge in [-0.05, 0) is 77.1 Å². The molecule has 3 rings (SSSR count). The minimum absolute atomic E-state index is 0.0274. The van der Waals surface area contributed by atoms with Crippen molar-refractivity contribution in [1.82, 2.24) is 23.9 Å². The molecule has 11 heteroatoms. The Morgan fingerprint density at radius 1 is 1.08 bits per heavy atom. The highest BCUT2D eigenvalue weighted by atomic mass is 32.2. The number of benzene rings is 1. The monoisotopic (exact) mass is 519 g/mol. The second kappa shape index (κ2) is 15.6. The molecular weight excluding hydrogens is 478 g/mol. The highest BCUT2D eigenvalue weighted by Crippen LogP contribution is 2.22. The topological polar surface area (TPSA) is 118 Å². The van der Waals surface area contributed by atoms with Crippen molar-refractivity contribution in [1.29, 1.82) is 0 Å². The first kappa shape index (κ1) is 28.1. The Hall–Kier alpha value is -2.47. The molecule has 200 valence electrons. The van der Waals surface area contributed by atoms with E-state index in [1.807, 2.05) is 20.2 Å².